The zero-order valence-electron chi connectivity index (χ0n) is 11.4. The SMILES string of the molecule is COC(=O)c1cc(N)cnc1N(CCC#N)C(C)C. The van der Waals surface area contributed by atoms with Gasteiger partial charge in [0.2, 0.25) is 0 Å². The number of carbonyl (C=O) groups is 1. The summed E-state index contributed by atoms with van der Waals surface area (Å²) in [5.41, 5.74) is 6.37. The van der Waals surface area contributed by atoms with E-state index in [2.05, 4.69) is 11.1 Å². The van der Waals surface area contributed by atoms with Crippen LogP contribution in [0.1, 0.15) is 30.6 Å². The maximum atomic E-state index is 11.8. The van der Waals surface area contributed by atoms with Gasteiger partial charge < -0.3 is 15.4 Å². The number of aromatic nitrogens is 1. The molecule has 0 saturated carbocycles. The van der Waals surface area contributed by atoms with Gasteiger partial charge in [0.1, 0.15) is 11.4 Å². The molecule has 102 valence electrons. The molecule has 19 heavy (non-hydrogen) atoms. The van der Waals surface area contributed by atoms with Gasteiger partial charge in [-0.3, -0.25) is 0 Å². The number of ether oxygens (including phenoxy) is 1. The molecule has 0 aliphatic carbocycles. The topological polar surface area (TPSA) is 92.2 Å². The maximum Gasteiger partial charge on any atom is 0.341 e. The Kier molecular flexibility index (Phi) is 5.12. The number of pyridine rings is 1. The molecule has 0 radical (unpaired) electrons. The Balaban J connectivity index is 3.22. The van der Waals surface area contributed by atoms with Crippen LogP contribution < -0.4 is 10.6 Å². The van der Waals surface area contributed by atoms with Crippen LogP contribution in [-0.2, 0) is 4.74 Å². The average molecular weight is 262 g/mol. The number of methoxy groups -OCH3 is 1. The first kappa shape index (κ1) is 14.8. The molecule has 0 spiro atoms. The second-order valence-electron chi connectivity index (χ2n) is 4.33. The van der Waals surface area contributed by atoms with Crippen LogP contribution in [0.5, 0.6) is 0 Å². The summed E-state index contributed by atoms with van der Waals surface area (Å²) in [6.07, 6.45) is 1.84. The van der Waals surface area contributed by atoms with E-state index in [1.165, 1.54) is 19.4 Å². The van der Waals surface area contributed by atoms with Crippen LogP contribution in [0.3, 0.4) is 0 Å². The fourth-order valence-corrected chi connectivity index (χ4v) is 1.74. The highest BCUT2D eigenvalue weighted by molar-refractivity contribution is 5.95. The molecule has 0 saturated heterocycles. The number of nitrogens with zero attached hydrogens (tertiary/aromatic N) is 3. The fraction of sp³-hybridized carbons (Fsp3) is 0.462. The van der Waals surface area contributed by atoms with Crippen molar-refractivity contribution in [1.82, 2.24) is 4.98 Å². The van der Waals surface area contributed by atoms with Crippen LogP contribution in [0.4, 0.5) is 11.5 Å². The van der Waals surface area contributed by atoms with Gasteiger partial charge in [-0.25, -0.2) is 9.78 Å². The summed E-state index contributed by atoms with van der Waals surface area (Å²) in [6, 6.07) is 3.73. The summed E-state index contributed by atoms with van der Waals surface area (Å²) < 4.78 is 4.74. The summed E-state index contributed by atoms with van der Waals surface area (Å²) in [7, 11) is 1.31. The summed E-state index contributed by atoms with van der Waals surface area (Å²) in [4.78, 5) is 17.9. The molecule has 0 aromatic carbocycles. The van der Waals surface area contributed by atoms with E-state index in [-0.39, 0.29) is 6.04 Å². The van der Waals surface area contributed by atoms with Gasteiger partial charge in [-0.05, 0) is 19.9 Å². The average Bonchev–Trinajstić information content (AvgIpc) is 2.39. The van der Waals surface area contributed by atoms with Gasteiger partial charge >= 0.3 is 5.97 Å². The Morgan fingerprint density at radius 1 is 1.63 bits per heavy atom. The van der Waals surface area contributed by atoms with Crippen molar-refractivity contribution in [1.29, 1.82) is 5.26 Å². The van der Waals surface area contributed by atoms with Crippen molar-refractivity contribution in [2.24, 2.45) is 0 Å². The number of hydrogen-bond acceptors (Lipinski definition) is 6. The number of anilines is 2. The summed E-state index contributed by atoms with van der Waals surface area (Å²) in [5, 5.41) is 8.70. The molecule has 1 rings (SSSR count). The van der Waals surface area contributed by atoms with E-state index >= 15 is 0 Å². The summed E-state index contributed by atoms with van der Waals surface area (Å²) >= 11 is 0. The predicted octanol–water partition coefficient (Wildman–Crippen LogP) is 1.58. The third-order valence-corrected chi connectivity index (χ3v) is 2.65. The van der Waals surface area contributed by atoms with Gasteiger partial charge in [-0.1, -0.05) is 0 Å². The predicted molar refractivity (Wildman–Crippen MR) is 72.7 cm³/mol. The van der Waals surface area contributed by atoms with Crippen molar-refractivity contribution >= 4 is 17.5 Å². The van der Waals surface area contributed by atoms with E-state index < -0.39 is 5.97 Å². The Bertz CT molecular complexity index is 494. The summed E-state index contributed by atoms with van der Waals surface area (Å²) in [6.45, 7) is 4.43. The number of hydrogen-bond donors (Lipinski definition) is 1. The molecule has 1 aromatic heterocycles. The lowest BCUT2D eigenvalue weighted by molar-refractivity contribution is 0.0601. The van der Waals surface area contributed by atoms with E-state index in [0.717, 1.165) is 0 Å². The molecule has 2 N–H and O–H groups in total. The first-order valence-corrected chi connectivity index (χ1v) is 5.98. The van der Waals surface area contributed by atoms with Crippen molar-refractivity contribution in [3.63, 3.8) is 0 Å². The van der Waals surface area contributed by atoms with Gasteiger partial charge in [-0.2, -0.15) is 5.26 Å². The molecular weight excluding hydrogens is 244 g/mol. The highest BCUT2D eigenvalue weighted by Gasteiger charge is 2.21. The second-order valence-corrected chi connectivity index (χ2v) is 4.33. The minimum atomic E-state index is -0.489. The molecule has 0 aliphatic heterocycles. The molecule has 0 aliphatic rings. The number of nitriles is 1. The molecule has 1 aromatic rings. The number of nitrogens with two attached hydrogens (primary N) is 1. The molecule has 6 nitrogen and oxygen atoms in total. The number of rotatable bonds is 5. The summed E-state index contributed by atoms with van der Waals surface area (Å²) in [5.74, 6) is 0.00343. The highest BCUT2D eigenvalue weighted by atomic mass is 16.5. The first-order chi connectivity index (χ1) is 9.01. The van der Waals surface area contributed by atoms with Crippen molar-refractivity contribution in [3.8, 4) is 6.07 Å². The molecule has 0 fully saturated rings. The van der Waals surface area contributed by atoms with E-state index in [1.807, 2.05) is 18.7 Å². The van der Waals surface area contributed by atoms with Crippen molar-refractivity contribution in [3.05, 3.63) is 17.8 Å². The van der Waals surface area contributed by atoms with E-state index in [9.17, 15) is 4.79 Å². The molecule has 0 unspecified atom stereocenters. The molecule has 0 atom stereocenters. The van der Waals surface area contributed by atoms with E-state index in [4.69, 9.17) is 15.7 Å². The van der Waals surface area contributed by atoms with Crippen LogP contribution >= 0.6 is 0 Å². The van der Waals surface area contributed by atoms with E-state index in [0.29, 0.717) is 30.0 Å². The Morgan fingerprint density at radius 3 is 2.84 bits per heavy atom. The van der Waals surface area contributed by atoms with Crippen LogP contribution in [0.2, 0.25) is 0 Å². The van der Waals surface area contributed by atoms with Crippen molar-refractivity contribution in [2.75, 3.05) is 24.3 Å². The smallest absolute Gasteiger partial charge is 0.341 e. The molecule has 6 heteroatoms. The standard InChI is InChI=1S/C13H18N4O2/c1-9(2)17(6-4-5-14)12-11(13(18)19-3)7-10(15)8-16-12/h7-9H,4,6,15H2,1-3H3. The van der Waals surface area contributed by atoms with Crippen molar-refractivity contribution < 1.29 is 9.53 Å². The minimum absolute atomic E-state index is 0.105. The van der Waals surface area contributed by atoms with Gasteiger partial charge in [0.25, 0.3) is 0 Å². The van der Waals surface area contributed by atoms with Gasteiger partial charge in [0, 0.05) is 12.6 Å². The largest absolute Gasteiger partial charge is 0.465 e. The third-order valence-electron chi connectivity index (χ3n) is 2.65. The molecule has 0 bridgehead atoms. The lowest BCUT2D eigenvalue weighted by atomic mass is 10.2. The van der Waals surface area contributed by atoms with Crippen LogP contribution in [0.25, 0.3) is 0 Å². The van der Waals surface area contributed by atoms with Crippen LogP contribution in [-0.4, -0.2) is 30.6 Å². The minimum Gasteiger partial charge on any atom is -0.465 e. The second kappa shape index (κ2) is 6.59. The zero-order valence-corrected chi connectivity index (χ0v) is 11.4. The lowest BCUT2D eigenvalue weighted by Gasteiger charge is -2.28. The third kappa shape index (κ3) is 3.58. The monoisotopic (exact) mass is 262 g/mol. The lowest BCUT2D eigenvalue weighted by Crippen LogP contribution is -2.34. The zero-order chi connectivity index (χ0) is 14.4. The molecule has 1 heterocycles. The Morgan fingerprint density at radius 2 is 2.32 bits per heavy atom. The number of esters is 1. The van der Waals surface area contributed by atoms with Gasteiger partial charge in [0.15, 0.2) is 0 Å². The van der Waals surface area contributed by atoms with Gasteiger partial charge in [-0.15, -0.1) is 0 Å². The number of carbonyl (C=O) groups excluding carboxylic acids is 1. The van der Waals surface area contributed by atoms with E-state index in [1.54, 1.807) is 0 Å². The fourth-order valence-electron chi connectivity index (χ4n) is 1.74. The van der Waals surface area contributed by atoms with Crippen LogP contribution in [0.15, 0.2) is 12.3 Å². The molecule has 0 amide bonds. The van der Waals surface area contributed by atoms with Crippen LogP contribution in [0, 0.1) is 11.3 Å². The maximum absolute atomic E-state index is 11.8. The highest BCUT2D eigenvalue weighted by Crippen LogP contribution is 2.23. The molecular formula is C13H18N4O2. The first-order valence-electron chi connectivity index (χ1n) is 5.98. The quantitative estimate of drug-likeness (QED) is 0.810. The normalized spacial score (nSPS) is 10.1. The van der Waals surface area contributed by atoms with Gasteiger partial charge in [0.05, 0.1) is 31.5 Å². The van der Waals surface area contributed by atoms with Crippen molar-refractivity contribution in [2.45, 2.75) is 26.3 Å². The number of nitrogen functional groups attached to an aromatic ring is 1. The Labute approximate surface area is 112 Å². The Hall–Kier alpha value is -2.29.